The van der Waals surface area contributed by atoms with Crippen molar-refractivity contribution in [1.82, 2.24) is 14.2 Å². The van der Waals surface area contributed by atoms with Gasteiger partial charge in [0.05, 0.1) is 10.6 Å². The van der Waals surface area contributed by atoms with Crippen molar-refractivity contribution >= 4 is 44.8 Å². The van der Waals surface area contributed by atoms with E-state index in [0.29, 0.717) is 23.8 Å². The highest BCUT2D eigenvalue weighted by Crippen LogP contribution is 2.28. The number of thiazole rings is 1. The van der Waals surface area contributed by atoms with Crippen LogP contribution >= 0.6 is 23.7 Å². The first-order valence-corrected chi connectivity index (χ1v) is 11.9. The summed E-state index contributed by atoms with van der Waals surface area (Å²) in [6.07, 6.45) is 2.69. The van der Waals surface area contributed by atoms with Gasteiger partial charge in [0.15, 0.2) is 5.13 Å². The van der Waals surface area contributed by atoms with Crippen molar-refractivity contribution in [3.05, 3.63) is 40.4 Å². The van der Waals surface area contributed by atoms with Gasteiger partial charge in [0.25, 0.3) is 5.91 Å². The summed E-state index contributed by atoms with van der Waals surface area (Å²) in [7, 11) is -3.46. The smallest absolute Gasteiger partial charge is 0.257 e. The van der Waals surface area contributed by atoms with Crippen molar-refractivity contribution < 1.29 is 13.2 Å². The van der Waals surface area contributed by atoms with Crippen LogP contribution in [0.25, 0.3) is 0 Å². The third-order valence-electron chi connectivity index (χ3n) is 5.30. The van der Waals surface area contributed by atoms with Gasteiger partial charge in [-0.2, -0.15) is 4.31 Å². The van der Waals surface area contributed by atoms with Crippen LogP contribution in [0, 0.1) is 0 Å². The van der Waals surface area contributed by atoms with Crippen LogP contribution in [-0.2, 0) is 23.0 Å². The molecule has 1 aromatic carbocycles. The fourth-order valence-corrected chi connectivity index (χ4v) is 6.16. The molecule has 1 N–H and O–H groups in total. The SMILES string of the molecule is CCN1CCc2nc(NC(=O)c3ccc(S(=O)(=O)N4CCCC4)cc3)sc2C1.Cl. The highest BCUT2D eigenvalue weighted by Gasteiger charge is 2.27. The second-order valence-electron chi connectivity index (χ2n) is 7.10. The Kier molecular flexibility index (Phi) is 6.95. The molecule has 158 valence electrons. The van der Waals surface area contributed by atoms with E-state index in [2.05, 4.69) is 22.1 Å². The number of rotatable bonds is 5. The molecule has 0 unspecified atom stereocenters. The Balaban J connectivity index is 0.00000240. The highest BCUT2D eigenvalue weighted by molar-refractivity contribution is 7.89. The number of nitrogens with one attached hydrogen (secondary N) is 1. The van der Waals surface area contributed by atoms with Gasteiger partial charge in [0, 0.05) is 43.0 Å². The van der Waals surface area contributed by atoms with Crippen LogP contribution in [0.1, 0.15) is 40.7 Å². The molecule has 1 fully saturated rings. The minimum Gasteiger partial charge on any atom is -0.298 e. The molecule has 0 aliphatic carbocycles. The number of benzene rings is 1. The summed E-state index contributed by atoms with van der Waals surface area (Å²) in [5, 5.41) is 3.45. The van der Waals surface area contributed by atoms with Crippen LogP contribution in [0.15, 0.2) is 29.2 Å². The predicted molar refractivity (Wildman–Crippen MR) is 116 cm³/mol. The highest BCUT2D eigenvalue weighted by atomic mass is 35.5. The van der Waals surface area contributed by atoms with E-state index >= 15 is 0 Å². The van der Waals surface area contributed by atoms with E-state index in [9.17, 15) is 13.2 Å². The van der Waals surface area contributed by atoms with E-state index < -0.39 is 10.0 Å². The number of anilines is 1. The molecule has 0 atom stereocenters. The Morgan fingerprint density at radius 2 is 1.86 bits per heavy atom. The fraction of sp³-hybridized carbons (Fsp3) is 0.474. The van der Waals surface area contributed by atoms with Gasteiger partial charge in [0.1, 0.15) is 0 Å². The van der Waals surface area contributed by atoms with Crippen molar-refractivity contribution in [2.75, 3.05) is 31.5 Å². The fourth-order valence-electron chi connectivity index (χ4n) is 3.60. The molecule has 0 radical (unpaired) electrons. The molecule has 1 aromatic heterocycles. The molecule has 29 heavy (non-hydrogen) atoms. The van der Waals surface area contributed by atoms with E-state index in [1.54, 1.807) is 12.1 Å². The van der Waals surface area contributed by atoms with Crippen LogP contribution in [0.5, 0.6) is 0 Å². The third-order valence-corrected chi connectivity index (χ3v) is 8.21. The van der Waals surface area contributed by atoms with Gasteiger partial charge in [-0.3, -0.25) is 15.0 Å². The van der Waals surface area contributed by atoms with Gasteiger partial charge in [-0.15, -0.1) is 23.7 Å². The molecule has 1 amide bonds. The first kappa shape index (κ1) is 22.2. The van der Waals surface area contributed by atoms with Gasteiger partial charge in [-0.25, -0.2) is 13.4 Å². The Morgan fingerprint density at radius 3 is 2.52 bits per heavy atom. The van der Waals surface area contributed by atoms with Gasteiger partial charge in [-0.1, -0.05) is 6.92 Å². The molecule has 3 heterocycles. The van der Waals surface area contributed by atoms with E-state index in [1.807, 2.05) is 0 Å². The molecule has 2 aliphatic heterocycles. The number of likely N-dealkylation sites (N-methyl/N-ethyl adjacent to an activating group) is 1. The monoisotopic (exact) mass is 456 g/mol. The van der Waals surface area contributed by atoms with Crippen molar-refractivity contribution in [2.45, 2.75) is 37.6 Å². The van der Waals surface area contributed by atoms with Crippen LogP contribution in [0.2, 0.25) is 0 Å². The molecule has 0 saturated carbocycles. The lowest BCUT2D eigenvalue weighted by Crippen LogP contribution is -2.29. The number of carbonyl (C=O) groups excluding carboxylic acids is 1. The predicted octanol–water partition coefficient (Wildman–Crippen LogP) is 2.98. The first-order valence-electron chi connectivity index (χ1n) is 9.60. The second kappa shape index (κ2) is 9.09. The second-order valence-corrected chi connectivity index (χ2v) is 10.1. The lowest BCUT2D eigenvalue weighted by molar-refractivity contribution is 0.102. The topological polar surface area (TPSA) is 82.6 Å². The Labute approximate surface area is 181 Å². The molecule has 2 aliphatic rings. The minimum absolute atomic E-state index is 0. The van der Waals surface area contributed by atoms with Crippen LogP contribution in [0.3, 0.4) is 0 Å². The number of carbonyl (C=O) groups is 1. The number of nitrogens with zero attached hydrogens (tertiary/aromatic N) is 3. The van der Waals surface area contributed by atoms with Crippen molar-refractivity contribution in [2.24, 2.45) is 0 Å². The Hall–Kier alpha value is -1.52. The number of hydrogen-bond donors (Lipinski definition) is 1. The summed E-state index contributed by atoms with van der Waals surface area (Å²) < 4.78 is 26.7. The summed E-state index contributed by atoms with van der Waals surface area (Å²) in [6, 6.07) is 6.14. The van der Waals surface area contributed by atoms with Crippen LogP contribution in [0.4, 0.5) is 5.13 Å². The number of hydrogen-bond acceptors (Lipinski definition) is 6. The molecule has 2 aromatic rings. The van der Waals surface area contributed by atoms with E-state index in [1.165, 1.54) is 32.7 Å². The minimum atomic E-state index is -3.46. The summed E-state index contributed by atoms with van der Waals surface area (Å²) in [5.74, 6) is -0.274. The molecule has 1 saturated heterocycles. The van der Waals surface area contributed by atoms with Gasteiger partial charge in [-0.05, 0) is 43.7 Å². The van der Waals surface area contributed by atoms with Crippen LogP contribution < -0.4 is 5.32 Å². The average molecular weight is 457 g/mol. The molecule has 0 spiro atoms. The number of sulfonamides is 1. The molecular formula is C19H25ClN4O3S2. The van der Waals surface area contributed by atoms with Gasteiger partial charge in [0.2, 0.25) is 10.0 Å². The lowest BCUT2D eigenvalue weighted by Gasteiger charge is -2.23. The Bertz CT molecular complexity index is 970. The first-order chi connectivity index (χ1) is 13.5. The number of amides is 1. The van der Waals surface area contributed by atoms with Gasteiger partial charge < -0.3 is 0 Å². The zero-order valence-corrected chi connectivity index (χ0v) is 18.7. The third kappa shape index (κ3) is 4.64. The van der Waals surface area contributed by atoms with Crippen molar-refractivity contribution in [3.8, 4) is 0 Å². The number of aromatic nitrogens is 1. The summed E-state index contributed by atoms with van der Waals surface area (Å²) >= 11 is 1.51. The van der Waals surface area contributed by atoms with Crippen molar-refractivity contribution in [3.63, 3.8) is 0 Å². The number of fused-ring (bicyclic) bond motifs is 1. The van der Waals surface area contributed by atoms with Gasteiger partial charge >= 0.3 is 0 Å². The number of halogens is 1. The average Bonchev–Trinajstić information content (AvgIpc) is 3.37. The zero-order valence-electron chi connectivity index (χ0n) is 16.3. The summed E-state index contributed by atoms with van der Waals surface area (Å²) in [6.45, 7) is 6.15. The largest absolute Gasteiger partial charge is 0.298 e. The molecule has 4 rings (SSSR count). The maximum Gasteiger partial charge on any atom is 0.257 e. The zero-order chi connectivity index (χ0) is 19.7. The Morgan fingerprint density at radius 1 is 1.17 bits per heavy atom. The maximum atomic E-state index is 12.6. The molecule has 7 nitrogen and oxygen atoms in total. The quantitative estimate of drug-likeness (QED) is 0.747. The maximum absolute atomic E-state index is 12.6. The van der Waals surface area contributed by atoms with E-state index in [-0.39, 0.29) is 23.2 Å². The molecular weight excluding hydrogens is 432 g/mol. The van der Waals surface area contributed by atoms with Crippen LogP contribution in [-0.4, -0.2) is 54.7 Å². The lowest BCUT2D eigenvalue weighted by atomic mass is 10.2. The van der Waals surface area contributed by atoms with E-state index in [0.717, 1.165) is 44.6 Å². The molecule has 0 bridgehead atoms. The molecule has 10 heteroatoms. The van der Waals surface area contributed by atoms with Crippen molar-refractivity contribution in [1.29, 1.82) is 0 Å². The van der Waals surface area contributed by atoms with E-state index in [4.69, 9.17) is 0 Å². The summed E-state index contributed by atoms with van der Waals surface area (Å²) in [5.41, 5.74) is 1.49. The summed E-state index contributed by atoms with van der Waals surface area (Å²) in [4.78, 5) is 20.9. The normalized spacial score (nSPS) is 17.6. The standard InChI is InChI=1S/C19H24N4O3S2.ClH/c1-2-22-12-9-16-17(13-22)27-19(20-16)21-18(24)14-5-7-15(8-6-14)28(25,26)23-10-3-4-11-23;/h5-8H,2-4,9-13H2,1H3,(H,20,21,24);1H.